The molecule has 0 unspecified atom stereocenters. The van der Waals surface area contributed by atoms with Crippen LogP contribution in [-0.2, 0) is 19.9 Å². The van der Waals surface area contributed by atoms with E-state index in [1.54, 1.807) is 48.4 Å². The van der Waals surface area contributed by atoms with Gasteiger partial charge in [0.15, 0.2) is 0 Å². The van der Waals surface area contributed by atoms with Gasteiger partial charge in [-0.2, -0.15) is 0 Å². The van der Waals surface area contributed by atoms with Crippen LogP contribution in [0.1, 0.15) is 18.4 Å². The number of ether oxygens (including phenoxy) is 2. The number of methoxy groups -OCH3 is 1. The van der Waals surface area contributed by atoms with Gasteiger partial charge in [-0.15, -0.1) is 0 Å². The zero-order chi connectivity index (χ0) is 22.7. The van der Waals surface area contributed by atoms with E-state index in [0.29, 0.717) is 48.1 Å². The van der Waals surface area contributed by atoms with E-state index in [0.717, 1.165) is 5.56 Å². The summed E-state index contributed by atoms with van der Waals surface area (Å²) in [6.45, 7) is 0.748. The van der Waals surface area contributed by atoms with Crippen molar-refractivity contribution >= 4 is 40.9 Å². The van der Waals surface area contributed by atoms with Crippen LogP contribution in [0.15, 0.2) is 54.6 Å². The largest absolute Gasteiger partial charge is 0.497 e. The second-order valence-corrected chi connectivity index (χ2v) is 7.96. The Balaban J connectivity index is 1.41. The number of likely N-dealkylation sites (tertiary alicyclic amines) is 1. The molecular formula is C23H22ClN3O5. The fraction of sp³-hybridized carbons (Fsp3) is 0.261. The van der Waals surface area contributed by atoms with Gasteiger partial charge in [0, 0.05) is 43.6 Å². The monoisotopic (exact) mass is 455 g/mol. The van der Waals surface area contributed by atoms with Crippen molar-refractivity contribution in [3.63, 3.8) is 0 Å². The first-order valence-corrected chi connectivity index (χ1v) is 10.5. The average Bonchev–Trinajstić information content (AvgIpc) is 2.79. The number of amides is 3. The highest BCUT2D eigenvalue weighted by Gasteiger charge is 2.45. The molecule has 2 aliphatic heterocycles. The summed E-state index contributed by atoms with van der Waals surface area (Å²) in [5, 5.41) is 5.76. The molecule has 2 aromatic carbocycles. The third kappa shape index (κ3) is 4.40. The van der Waals surface area contributed by atoms with Crippen LogP contribution in [-0.4, -0.2) is 43.0 Å². The molecule has 0 aromatic heterocycles. The zero-order valence-corrected chi connectivity index (χ0v) is 18.1. The number of nitrogens with zero attached hydrogens (tertiary/aromatic N) is 1. The average molecular weight is 456 g/mol. The summed E-state index contributed by atoms with van der Waals surface area (Å²) >= 11 is 6.03. The molecule has 4 rings (SSSR count). The Labute approximate surface area is 190 Å². The number of carbonyl (C=O) groups excluding carboxylic acids is 3. The Morgan fingerprint density at radius 1 is 1.19 bits per heavy atom. The minimum atomic E-state index is -0.825. The summed E-state index contributed by atoms with van der Waals surface area (Å²) in [5.41, 5.74) is 1.16. The third-order valence-electron chi connectivity index (χ3n) is 5.63. The molecule has 1 spiro atoms. The molecule has 166 valence electrons. The molecule has 0 bridgehead atoms. The second kappa shape index (κ2) is 8.92. The molecule has 2 heterocycles. The maximum absolute atomic E-state index is 12.6. The predicted octanol–water partition coefficient (Wildman–Crippen LogP) is 3.92. The molecule has 0 saturated carbocycles. The number of hydrogen-bond acceptors (Lipinski definition) is 5. The van der Waals surface area contributed by atoms with Crippen molar-refractivity contribution < 1.29 is 23.9 Å². The molecule has 0 radical (unpaired) electrons. The van der Waals surface area contributed by atoms with E-state index in [9.17, 15) is 14.4 Å². The topological polar surface area (TPSA) is 97.0 Å². The van der Waals surface area contributed by atoms with Gasteiger partial charge in [-0.3, -0.25) is 14.9 Å². The normalized spacial score (nSPS) is 16.8. The van der Waals surface area contributed by atoms with E-state index in [1.165, 1.54) is 12.2 Å². The number of carbonyl (C=O) groups is 3. The van der Waals surface area contributed by atoms with Gasteiger partial charge in [0.2, 0.25) is 11.8 Å². The molecule has 1 saturated heterocycles. The van der Waals surface area contributed by atoms with E-state index in [4.69, 9.17) is 21.1 Å². The minimum absolute atomic E-state index is 0.291. The summed E-state index contributed by atoms with van der Waals surface area (Å²) < 4.78 is 11.0. The molecule has 2 aromatic rings. The van der Waals surface area contributed by atoms with E-state index >= 15 is 0 Å². The number of benzene rings is 2. The molecule has 1 fully saturated rings. The van der Waals surface area contributed by atoms with Crippen LogP contribution in [0.2, 0.25) is 5.02 Å². The summed E-state index contributed by atoms with van der Waals surface area (Å²) in [7, 11) is 1.58. The molecule has 0 atom stereocenters. The second-order valence-electron chi connectivity index (χ2n) is 7.55. The molecule has 0 aliphatic carbocycles. The molecule has 2 N–H and O–H groups in total. The van der Waals surface area contributed by atoms with Crippen molar-refractivity contribution in [2.45, 2.75) is 18.4 Å². The highest BCUT2D eigenvalue weighted by Crippen LogP contribution is 2.44. The predicted molar refractivity (Wildman–Crippen MR) is 120 cm³/mol. The Morgan fingerprint density at radius 2 is 1.94 bits per heavy atom. The molecule has 2 aliphatic rings. The van der Waals surface area contributed by atoms with Gasteiger partial charge < -0.3 is 19.7 Å². The van der Waals surface area contributed by atoms with Crippen LogP contribution >= 0.6 is 11.6 Å². The lowest BCUT2D eigenvalue weighted by atomic mass is 9.82. The summed E-state index contributed by atoms with van der Waals surface area (Å²) in [5.74, 6) is -0.0811. The molecule has 8 nitrogen and oxygen atoms in total. The van der Waals surface area contributed by atoms with Gasteiger partial charge in [-0.05, 0) is 30.3 Å². The molecule has 32 heavy (non-hydrogen) atoms. The Bertz CT molecular complexity index is 1090. The third-order valence-corrected chi connectivity index (χ3v) is 5.96. The number of piperidine rings is 1. The van der Waals surface area contributed by atoms with Gasteiger partial charge in [0.05, 0.1) is 23.5 Å². The number of fused-ring (bicyclic) bond motifs is 2. The number of nitrogens with one attached hydrogen (secondary N) is 2. The Morgan fingerprint density at radius 3 is 2.66 bits per heavy atom. The fourth-order valence-corrected chi connectivity index (χ4v) is 4.14. The first-order chi connectivity index (χ1) is 15.4. The molecule has 9 heteroatoms. The Kier molecular flexibility index (Phi) is 6.05. The van der Waals surface area contributed by atoms with Crippen LogP contribution in [0.4, 0.5) is 16.2 Å². The van der Waals surface area contributed by atoms with Crippen LogP contribution in [0.25, 0.3) is 0 Å². The van der Waals surface area contributed by atoms with Crippen molar-refractivity contribution in [2.75, 3.05) is 30.8 Å². The van der Waals surface area contributed by atoms with Crippen molar-refractivity contribution in [2.24, 2.45) is 0 Å². The van der Waals surface area contributed by atoms with Gasteiger partial charge in [0.25, 0.3) is 0 Å². The highest BCUT2D eigenvalue weighted by atomic mass is 35.5. The summed E-state index contributed by atoms with van der Waals surface area (Å²) in [4.78, 5) is 38.5. The smallest absolute Gasteiger partial charge is 0.412 e. The lowest BCUT2D eigenvalue weighted by Crippen LogP contribution is -2.49. The highest BCUT2D eigenvalue weighted by molar-refractivity contribution is 6.33. The zero-order valence-electron chi connectivity index (χ0n) is 17.4. The van der Waals surface area contributed by atoms with Crippen molar-refractivity contribution in [3.8, 4) is 5.75 Å². The fourth-order valence-electron chi connectivity index (χ4n) is 3.95. The number of para-hydroxylation sites is 1. The van der Waals surface area contributed by atoms with Gasteiger partial charge in [-0.25, -0.2) is 4.79 Å². The van der Waals surface area contributed by atoms with Crippen molar-refractivity contribution in [3.05, 3.63) is 65.2 Å². The number of anilines is 2. The van der Waals surface area contributed by atoms with Crippen LogP contribution < -0.4 is 15.4 Å². The number of hydrogen-bond donors (Lipinski definition) is 2. The van der Waals surface area contributed by atoms with Gasteiger partial charge >= 0.3 is 6.09 Å². The minimum Gasteiger partial charge on any atom is -0.497 e. The maximum Gasteiger partial charge on any atom is 0.412 e. The van der Waals surface area contributed by atoms with E-state index < -0.39 is 17.6 Å². The lowest BCUT2D eigenvalue weighted by Gasteiger charge is -2.44. The van der Waals surface area contributed by atoms with Crippen molar-refractivity contribution in [1.29, 1.82) is 0 Å². The van der Waals surface area contributed by atoms with Gasteiger partial charge in [0.1, 0.15) is 11.4 Å². The standard InChI is InChI=1S/C23H22ClN3O5/c1-31-15-6-7-18-16(14-15)23(32-22(30)26-18)10-12-27(13-11-23)21(29)9-8-20(28)25-19-5-3-2-4-17(19)24/h2-9,14H,10-13H2,1H3,(H,25,28)(H,26,30)/b9-8-. The van der Waals surface area contributed by atoms with Gasteiger partial charge in [-0.1, -0.05) is 23.7 Å². The molecular weight excluding hydrogens is 434 g/mol. The van der Waals surface area contributed by atoms with E-state index in [-0.39, 0.29) is 5.91 Å². The van der Waals surface area contributed by atoms with Crippen LogP contribution in [0.3, 0.4) is 0 Å². The molecule has 3 amide bonds. The quantitative estimate of drug-likeness (QED) is 0.681. The van der Waals surface area contributed by atoms with E-state index in [1.807, 2.05) is 6.07 Å². The first kappa shape index (κ1) is 21.7. The van der Waals surface area contributed by atoms with Crippen molar-refractivity contribution in [1.82, 2.24) is 4.90 Å². The van der Waals surface area contributed by atoms with E-state index in [2.05, 4.69) is 10.6 Å². The maximum atomic E-state index is 12.6. The van der Waals surface area contributed by atoms with Crippen LogP contribution in [0, 0.1) is 0 Å². The SMILES string of the molecule is COc1ccc2c(c1)C1(CCN(C(=O)/C=C\C(=O)Nc3ccccc3Cl)CC1)OC(=O)N2. The number of rotatable bonds is 4. The lowest BCUT2D eigenvalue weighted by molar-refractivity contribution is -0.130. The summed E-state index contributed by atoms with van der Waals surface area (Å²) in [6.07, 6.45) is 2.77. The number of halogens is 1. The Hall–Kier alpha value is -3.52. The van der Waals surface area contributed by atoms with Crippen LogP contribution in [0.5, 0.6) is 5.75 Å². The first-order valence-electron chi connectivity index (χ1n) is 10.1. The summed E-state index contributed by atoms with van der Waals surface area (Å²) in [6, 6.07) is 12.3.